The molecule has 8 heteroatoms. The summed E-state index contributed by atoms with van der Waals surface area (Å²) in [7, 11) is 0. The van der Waals surface area contributed by atoms with E-state index in [2.05, 4.69) is 15.5 Å². The molecule has 1 amide bonds. The second-order valence-electron chi connectivity index (χ2n) is 6.24. The van der Waals surface area contributed by atoms with Gasteiger partial charge >= 0.3 is 0 Å². The van der Waals surface area contributed by atoms with E-state index >= 15 is 0 Å². The number of amides is 1. The van der Waals surface area contributed by atoms with E-state index in [1.165, 1.54) is 17.8 Å². The minimum absolute atomic E-state index is 0.0937. The van der Waals surface area contributed by atoms with Gasteiger partial charge in [0.25, 0.3) is 0 Å². The average molecular weight is 419 g/mol. The first-order chi connectivity index (χ1) is 13.5. The van der Waals surface area contributed by atoms with Gasteiger partial charge in [-0.15, -0.1) is 10.2 Å². The van der Waals surface area contributed by atoms with Crippen molar-refractivity contribution in [2.45, 2.75) is 31.5 Å². The number of nitrogens with one attached hydrogen (secondary N) is 1. The van der Waals surface area contributed by atoms with E-state index < -0.39 is 5.82 Å². The minimum Gasteiger partial charge on any atom is -0.353 e. The van der Waals surface area contributed by atoms with Crippen molar-refractivity contribution in [3.05, 3.63) is 59.4 Å². The third kappa shape index (κ3) is 4.54. The monoisotopic (exact) mass is 418 g/mol. The SMILES string of the molecule is CCC(C)NC(=O)CSc1nnc(-c2ccccc2Cl)n1-c1ccccc1F. The molecule has 0 fully saturated rings. The number of hydrogen-bond acceptors (Lipinski definition) is 4. The summed E-state index contributed by atoms with van der Waals surface area (Å²) < 4.78 is 16.1. The van der Waals surface area contributed by atoms with Gasteiger partial charge in [0.1, 0.15) is 5.82 Å². The van der Waals surface area contributed by atoms with Crippen LogP contribution in [0.2, 0.25) is 5.02 Å². The molecule has 0 spiro atoms. The summed E-state index contributed by atoms with van der Waals surface area (Å²) in [5, 5.41) is 12.2. The lowest BCUT2D eigenvalue weighted by Crippen LogP contribution is -2.33. The van der Waals surface area contributed by atoms with Crippen molar-refractivity contribution in [3.63, 3.8) is 0 Å². The van der Waals surface area contributed by atoms with Gasteiger partial charge in [0, 0.05) is 11.6 Å². The van der Waals surface area contributed by atoms with Crippen LogP contribution in [0, 0.1) is 5.82 Å². The highest BCUT2D eigenvalue weighted by Crippen LogP contribution is 2.32. The lowest BCUT2D eigenvalue weighted by Gasteiger charge is -2.13. The Morgan fingerprint density at radius 3 is 2.64 bits per heavy atom. The van der Waals surface area contributed by atoms with Gasteiger partial charge in [0.2, 0.25) is 5.91 Å². The van der Waals surface area contributed by atoms with Crippen LogP contribution in [0.3, 0.4) is 0 Å². The van der Waals surface area contributed by atoms with Gasteiger partial charge < -0.3 is 5.32 Å². The van der Waals surface area contributed by atoms with E-state index in [0.29, 0.717) is 27.3 Å². The third-order valence-corrected chi connectivity index (χ3v) is 5.45. The number of thioether (sulfide) groups is 1. The Labute approximate surface area is 172 Å². The summed E-state index contributed by atoms with van der Waals surface area (Å²) in [6.45, 7) is 3.95. The second-order valence-corrected chi connectivity index (χ2v) is 7.59. The van der Waals surface area contributed by atoms with Crippen molar-refractivity contribution in [1.29, 1.82) is 0 Å². The number of rotatable bonds is 7. The highest BCUT2D eigenvalue weighted by atomic mass is 35.5. The van der Waals surface area contributed by atoms with Gasteiger partial charge in [0.15, 0.2) is 11.0 Å². The van der Waals surface area contributed by atoms with Crippen LogP contribution < -0.4 is 5.32 Å². The Balaban J connectivity index is 1.99. The molecule has 0 aliphatic carbocycles. The molecule has 0 saturated heterocycles. The second kappa shape index (κ2) is 9.21. The van der Waals surface area contributed by atoms with E-state index in [1.54, 1.807) is 34.9 Å². The zero-order valence-corrected chi connectivity index (χ0v) is 17.1. The molecule has 146 valence electrons. The van der Waals surface area contributed by atoms with Gasteiger partial charge in [-0.05, 0) is 37.6 Å². The van der Waals surface area contributed by atoms with Crippen molar-refractivity contribution in [1.82, 2.24) is 20.1 Å². The summed E-state index contributed by atoms with van der Waals surface area (Å²) in [5.74, 6) is 0.0446. The van der Waals surface area contributed by atoms with E-state index in [4.69, 9.17) is 11.6 Å². The quantitative estimate of drug-likeness (QED) is 0.563. The van der Waals surface area contributed by atoms with Crippen LogP contribution in [0.4, 0.5) is 4.39 Å². The molecule has 2 aromatic carbocycles. The van der Waals surface area contributed by atoms with E-state index in [9.17, 15) is 9.18 Å². The summed E-state index contributed by atoms with van der Waals surface area (Å²) in [6.07, 6.45) is 0.846. The number of nitrogens with zero attached hydrogens (tertiary/aromatic N) is 3. The Morgan fingerprint density at radius 1 is 1.21 bits per heavy atom. The van der Waals surface area contributed by atoms with Crippen molar-refractivity contribution >= 4 is 29.3 Å². The fourth-order valence-electron chi connectivity index (χ4n) is 2.58. The smallest absolute Gasteiger partial charge is 0.230 e. The zero-order valence-electron chi connectivity index (χ0n) is 15.5. The van der Waals surface area contributed by atoms with Gasteiger partial charge in [-0.1, -0.05) is 54.6 Å². The van der Waals surface area contributed by atoms with Crippen molar-refractivity contribution in [2.24, 2.45) is 0 Å². The van der Waals surface area contributed by atoms with Gasteiger partial charge in [-0.25, -0.2) is 4.39 Å². The van der Waals surface area contributed by atoms with Crippen LogP contribution in [0.15, 0.2) is 53.7 Å². The first-order valence-electron chi connectivity index (χ1n) is 8.88. The van der Waals surface area contributed by atoms with E-state index in [1.807, 2.05) is 26.0 Å². The lowest BCUT2D eigenvalue weighted by molar-refractivity contribution is -0.119. The van der Waals surface area contributed by atoms with Gasteiger partial charge in [-0.2, -0.15) is 0 Å². The maximum absolute atomic E-state index is 14.5. The number of para-hydroxylation sites is 1. The van der Waals surface area contributed by atoms with E-state index in [-0.39, 0.29) is 17.7 Å². The van der Waals surface area contributed by atoms with Crippen LogP contribution in [0.5, 0.6) is 0 Å². The molecule has 3 rings (SSSR count). The largest absolute Gasteiger partial charge is 0.353 e. The number of aromatic nitrogens is 3. The molecule has 0 radical (unpaired) electrons. The van der Waals surface area contributed by atoms with Crippen LogP contribution in [0.1, 0.15) is 20.3 Å². The molecule has 0 aliphatic rings. The topological polar surface area (TPSA) is 59.8 Å². The standard InChI is InChI=1S/C20H20ClFN4OS/c1-3-13(2)23-18(27)12-28-20-25-24-19(14-8-4-5-9-15(14)21)26(20)17-11-7-6-10-16(17)22/h4-11,13H,3,12H2,1-2H3,(H,23,27). The molecular formula is C20H20ClFN4OS. The van der Waals surface area contributed by atoms with Gasteiger partial charge in [-0.3, -0.25) is 9.36 Å². The molecule has 0 saturated carbocycles. The lowest BCUT2D eigenvalue weighted by atomic mass is 10.2. The maximum Gasteiger partial charge on any atom is 0.230 e. The predicted octanol–water partition coefficient (Wildman–Crippen LogP) is 4.73. The van der Waals surface area contributed by atoms with Crippen molar-refractivity contribution in [3.8, 4) is 17.1 Å². The predicted molar refractivity (Wildman–Crippen MR) is 110 cm³/mol. The van der Waals surface area contributed by atoms with E-state index in [0.717, 1.165) is 6.42 Å². The minimum atomic E-state index is -0.415. The van der Waals surface area contributed by atoms with Crippen LogP contribution >= 0.6 is 23.4 Å². The Kier molecular flexibility index (Phi) is 6.70. The molecule has 28 heavy (non-hydrogen) atoms. The molecule has 0 bridgehead atoms. The van der Waals surface area contributed by atoms with Crippen molar-refractivity contribution in [2.75, 3.05) is 5.75 Å². The summed E-state index contributed by atoms with van der Waals surface area (Å²) in [4.78, 5) is 12.1. The molecular weight excluding hydrogens is 399 g/mol. The van der Waals surface area contributed by atoms with Crippen molar-refractivity contribution < 1.29 is 9.18 Å². The number of benzene rings is 2. The average Bonchev–Trinajstić information content (AvgIpc) is 3.10. The molecule has 1 heterocycles. The Bertz CT molecular complexity index is 978. The fraction of sp³-hybridized carbons (Fsp3) is 0.250. The number of carbonyl (C=O) groups excluding carboxylic acids is 1. The summed E-state index contributed by atoms with van der Waals surface area (Å²) in [5.41, 5.74) is 0.933. The number of carbonyl (C=O) groups is 1. The summed E-state index contributed by atoms with van der Waals surface area (Å²) in [6, 6.07) is 13.6. The van der Waals surface area contributed by atoms with Gasteiger partial charge in [0.05, 0.1) is 16.5 Å². The molecule has 1 unspecified atom stereocenters. The Morgan fingerprint density at radius 2 is 1.93 bits per heavy atom. The Hall–Kier alpha value is -2.38. The first kappa shape index (κ1) is 20.4. The normalized spacial score (nSPS) is 12.0. The van der Waals surface area contributed by atoms with Crippen LogP contribution in [-0.4, -0.2) is 32.5 Å². The fourth-order valence-corrected chi connectivity index (χ4v) is 3.56. The molecule has 0 aliphatic heterocycles. The third-order valence-electron chi connectivity index (χ3n) is 4.19. The molecule has 1 aromatic heterocycles. The number of halogens is 2. The van der Waals surface area contributed by atoms with Crippen LogP contribution in [0.25, 0.3) is 17.1 Å². The molecule has 1 N–H and O–H groups in total. The number of hydrogen-bond donors (Lipinski definition) is 1. The molecule has 3 aromatic rings. The highest BCUT2D eigenvalue weighted by molar-refractivity contribution is 7.99. The highest BCUT2D eigenvalue weighted by Gasteiger charge is 2.21. The molecule has 5 nitrogen and oxygen atoms in total. The summed E-state index contributed by atoms with van der Waals surface area (Å²) >= 11 is 7.52. The molecule has 1 atom stereocenters. The zero-order chi connectivity index (χ0) is 20.1. The first-order valence-corrected chi connectivity index (χ1v) is 10.2. The maximum atomic E-state index is 14.5. The van der Waals surface area contributed by atoms with Crippen LogP contribution in [-0.2, 0) is 4.79 Å².